The van der Waals surface area contributed by atoms with Crippen molar-refractivity contribution >= 4 is 17.4 Å². The summed E-state index contributed by atoms with van der Waals surface area (Å²) in [5, 5.41) is 3.01. The molecule has 1 amide bonds. The Morgan fingerprint density at radius 1 is 1.10 bits per heavy atom. The number of amides is 1. The van der Waals surface area contributed by atoms with Crippen LogP contribution in [0.15, 0.2) is 54.9 Å². The summed E-state index contributed by atoms with van der Waals surface area (Å²) in [6.07, 6.45) is -3.39. The van der Waals surface area contributed by atoms with E-state index in [2.05, 4.69) is 20.0 Å². The zero-order valence-electron chi connectivity index (χ0n) is 16.2. The van der Waals surface area contributed by atoms with Crippen molar-refractivity contribution in [2.24, 2.45) is 5.73 Å². The number of carbonyl (C=O) groups is 1. The van der Waals surface area contributed by atoms with Gasteiger partial charge in [-0.15, -0.1) is 13.2 Å². The summed E-state index contributed by atoms with van der Waals surface area (Å²) in [5.74, 6) is -0.379. The predicted molar refractivity (Wildman–Crippen MR) is 106 cm³/mol. The Bertz CT molecular complexity index is 1050. The summed E-state index contributed by atoms with van der Waals surface area (Å²) in [6, 6.07) is 12.2. The molecule has 3 aromatic rings. The largest absolute Gasteiger partial charge is 0.573 e. The Balaban J connectivity index is 1.89. The highest BCUT2D eigenvalue weighted by Gasteiger charge is 2.30. The lowest BCUT2D eigenvalue weighted by Gasteiger charge is -2.16. The van der Waals surface area contributed by atoms with Gasteiger partial charge in [0.05, 0.1) is 5.69 Å². The van der Waals surface area contributed by atoms with Crippen LogP contribution in [0.25, 0.3) is 11.3 Å². The second kappa shape index (κ2) is 8.40. The van der Waals surface area contributed by atoms with Crippen LogP contribution in [0.1, 0.15) is 35.7 Å². The van der Waals surface area contributed by atoms with E-state index in [1.165, 1.54) is 30.6 Å². The van der Waals surface area contributed by atoms with Crippen LogP contribution in [-0.2, 0) is 0 Å². The Hall–Kier alpha value is -3.62. The summed E-state index contributed by atoms with van der Waals surface area (Å²) >= 11 is 0. The number of benzene rings is 2. The van der Waals surface area contributed by atoms with Crippen LogP contribution < -0.4 is 15.8 Å². The van der Waals surface area contributed by atoms with Gasteiger partial charge in [0, 0.05) is 22.9 Å². The second-order valence-electron chi connectivity index (χ2n) is 6.77. The number of rotatable bonds is 6. The van der Waals surface area contributed by atoms with Gasteiger partial charge >= 0.3 is 6.36 Å². The van der Waals surface area contributed by atoms with Crippen LogP contribution in [0.3, 0.4) is 0 Å². The molecule has 3 rings (SSSR count). The normalized spacial score (nSPS) is 11.4. The molecule has 2 aromatic carbocycles. The number of aromatic nitrogens is 2. The Morgan fingerprint density at radius 3 is 2.40 bits per heavy atom. The standard InChI is InChI=1S/C21H19F3N4O2/c1-12(2)19-15(4-3-5-16(19)20(25)29)17-10-18(27-11-26-17)28-13-6-8-14(9-7-13)30-21(22,23)24/h3-12H,1-2H3,(H2,25,29)(H,26,27,28). The molecule has 1 heterocycles. The van der Waals surface area contributed by atoms with Crippen molar-refractivity contribution in [3.63, 3.8) is 0 Å². The van der Waals surface area contributed by atoms with Crippen LogP contribution in [0, 0.1) is 0 Å². The fourth-order valence-electron chi connectivity index (χ4n) is 3.09. The van der Waals surface area contributed by atoms with E-state index in [0.717, 1.165) is 11.1 Å². The number of ether oxygens (including phenoxy) is 1. The van der Waals surface area contributed by atoms with Crippen LogP contribution in [-0.4, -0.2) is 22.2 Å². The topological polar surface area (TPSA) is 90.1 Å². The van der Waals surface area contributed by atoms with Gasteiger partial charge in [-0.3, -0.25) is 4.79 Å². The van der Waals surface area contributed by atoms with Crippen molar-refractivity contribution in [1.82, 2.24) is 9.97 Å². The van der Waals surface area contributed by atoms with E-state index in [4.69, 9.17) is 5.73 Å². The zero-order valence-corrected chi connectivity index (χ0v) is 16.2. The van der Waals surface area contributed by atoms with Crippen LogP contribution in [0.4, 0.5) is 24.7 Å². The molecule has 6 nitrogen and oxygen atoms in total. The van der Waals surface area contributed by atoms with Crippen LogP contribution in [0.5, 0.6) is 5.75 Å². The second-order valence-corrected chi connectivity index (χ2v) is 6.77. The van der Waals surface area contributed by atoms with Gasteiger partial charge in [-0.25, -0.2) is 9.97 Å². The number of primary amides is 1. The van der Waals surface area contributed by atoms with Crippen LogP contribution >= 0.6 is 0 Å². The molecule has 9 heteroatoms. The lowest BCUT2D eigenvalue weighted by atomic mass is 9.90. The number of nitrogens with two attached hydrogens (primary N) is 1. The third-order valence-corrected chi connectivity index (χ3v) is 4.25. The zero-order chi connectivity index (χ0) is 21.9. The van der Waals surface area contributed by atoms with Crippen molar-refractivity contribution < 1.29 is 22.7 Å². The Kier molecular flexibility index (Phi) is 5.91. The molecule has 30 heavy (non-hydrogen) atoms. The maximum absolute atomic E-state index is 12.3. The fraction of sp³-hybridized carbons (Fsp3) is 0.190. The van der Waals surface area contributed by atoms with E-state index >= 15 is 0 Å². The van der Waals surface area contributed by atoms with E-state index in [-0.39, 0.29) is 11.7 Å². The predicted octanol–water partition coefficient (Wildman–Crippen LogP) is 5.01. The average Bonchev–Trinajstić information content (AvgIpc) is 2.68. The lowest BCUT2D eigenvalue weighted by Crippen LogP contribution is -2.16. The molecule has 0 bridgehead atoms. The summed E-state index contributed by atoms with van der Waals surface area (Å²) < 4.78 is 40.7. The summed E-state index contributed by atoms with van der Waals surface area (Å²) in [4.78, 5) is 20.3. The van der Waals surface area contributed by atoms with E-state index in [1.54, 1.807) is 18.2 Å². The van der Waals surface area contributed by atoms with Crippen molar-refractivity contribution in [1.29, 1.82) is 0 Å². The monoisotopic (exact) mass is 416 g/mol. The first kappa shape index (κ1) is 21.1. The van der Waals surface area contributed by atoms with Gasteiger partial charge in [0.15, 0.2) is 0 Å². The molecule has 0 aliphatic heterocycles. The molecule has 3 N–H and O–H groups in total. The minimum Gasteiger partial charge on any atom is -0.406 e. The molecule has 0 spiro atoms. The van der Waals surface area contributed by atoms with Crippen molar-refractivity contribution in [2.45, 2.75) is 26.1 Å². The molecule has 0 aliphatic rings. The molecule has 0 fully saturated rings. The van der Waals surface area contributed by atoms with Gasteiger partial charge in [-0.2, -0.15) is 0 Å². The van der Waals surface area contributed by atoms with Gasteiger partial charge in [0.25, 0.3) is 0 Å². The fourth-order valence-corrected chi connectivity index (χ4v) is 3.09. The highest BCUT2D eigenvalue weighted by Crippen LogP contribution is 2.32. The molecule has 0 radical (unpaired) electrons. The quantitative estimate of drug-likeness (QED) is 0.590. The maximum atomic E-state index is 12.3. The summed E-state index contributed by atoms with van der Waals surface area (Å²) in [7, 11) is 0. The minimum absolute atomic E-state index is 0.0243. The van der Waals surface area contributed by atoms with Crippen molar-refractivity contribution in [3.05, 3.63) is 66.0 Å². The Morgan fingerprint density at radius 2 is 1.80 bits per heavy atom. The van der Waals surface area contributed by atoms with E-state index in [0.29, 0.717) is 22.8 Å². The number of halogens is 3. The number of anilines is 2. The van der Waals surface area contributed by atoms with Gasteiger partial charge in [-0.05, 0) is 41.8 Å². The number of alkyl halides is 3. The van der Waals surface area contributed by atoms with Gasteiger partial charge in [0.2, 0.25) is 5.91 Å². The Labute approximate surface area is 170 Å². The molecule has 0 aliphatic carbocycles. The van der Waals surface area contributed by atoms with Crippen molar-refractivity contribution in [2.75, 3.05) is 5.32 Å². The van der Waals surface area contributed by atoms with Crippen molar-refractivity contribution in [3.8, 4) is 17.0 Å². The smallest absolute Gasteiger partial charge is 0.406 e. The molecular weight excluding hydrogens is 397 g/mol. The first-order valence-electron chi connectivity index (χ1n) is 9.02. The first-order valence-corrected chi connectivity index (χ1v) is 9.02. The van der Waals surface area contributed by atoms with Gasteiger partial charge in [-0.1, -0.05) is 26.0 Å². The van der Waals surface area contributed by atoms with E-state index in [9.17, 15) is 18.0 Å². The molecular formula is C21H19F3N4O2. The van der Waals surface area contributed by atoms with E-state index < -0.39 is 12.3 Å². The minimum atomic E-state index is -4.75. The van der Waals surface area contributed by atoms with Gasteiger partial charge < -0.3 is 15.8 Å². The highest BCUT2D eigenvalue weighted by atomic mass is 19.4. The number of carbonyl (C=O) groups excluding carboxylic acids is 1. The number of nitrogens with zero attached hydrogens (tertiary/aromatic N) is 2. The summed E-state index contributed by atoms with van der Waals surface area (Å²) in [5.41, 5.74) is 8.57. The third kappa shape index (κ3) is 5.05. The SMILES string of the molecule is CC(C)c1c(C(N)=O)cccc1-c1cc(Nc2ccc(OC(F)(F)F)cc2)ncn1. The number of hydrogen-bond acceptors (Lipinski definition) is 5. The van der Waals surface area contributed by atoms with E-state index in [1.807, 2.05) is 19.9 Å². The molecule has 0 atom stereocenters. The molecule has 156 valence electrons. The van der Waals surface area contributed by atoms with Crippen LogP contribution in [0.2, 0.25) is 0 Å². The number of nitrogens with one attached hydrogen (secondary N) is 1. The number of hydrogen-bond donors (Lipinski definition) is 2. The lowest BCUT2D eigenvalue weighted by molar-refractivity contribution is -0.274. The molecule has 0 saturated carbocycles. The molecule has 0 unspecified atom stereocenters. The summed E-state index contributed by atoms with van der Waals surface area (Å²) in [6.45, 7) is 3.91. The first-order chi connectivity index (χ1) is 14.1. The molecule has 1 aromatic heterocycles. The van der Waals surface area contributed by atoms with Gasteiger partial charge in [0.1, 0.15) is 17.9 Å². The molecule has 0 saturated heterocycles. The third-order valence-electron chi connectivity index (χ3n) is 4.25. The average molecular weight is 416 g/mol. The maximum Gasteiger partial charge on any atom is 0.573 e. The highest BCUT2D eigenvalue weighted by molar-refractivity contribution is 5.96.